The molecule has 1 unspecified atom stereocenters. The number of hydrogen-bond acceptors (Lipinski definition) is 4. The molecule has 1 aromatic heterocycles. The fourth-order valence-corrected chi connectivity index (χ4v) is 1.81. The molecule has 2 aromatic rings. The average Bonchev–Trinajstić information content (AvgIpc) is 2.50. The van der Waals surface area contributed by atoms with Crippen molar-refractivity contribution < 1.29 is 45.0 Å². The second-order valence-corrected chi connectivity index (χ2v) is 5.09. The van der Waals surface area contributed by atoms with E-state index in [2.05, 4.69) is 4.98 Å². The van der Waals surface area contributed by atoms with E-state index in [1.54, 1.807) is 0 Å². The van der Waals surface area contributed by atoms with Crippen LogP contribution < -0.4 is 21.9 Å². The predicted octanol–water partition coefficient (Wildman–Crippen LogP) is 1.82. The summed E-state index contributed by atoms with van der Waals surface area (Å²) in [6.45, 7) is 1.37. The quantitative estimate of drug-likeness (QED) is 0.779. The van der Waals surface area contributed by atoms with Crippen molar-refractivity contribution in [3.05, 3.63) is 47.1 Å². The van der Waals surface area contributed by atoms with Gasteiger partial charge in [-0.25, -0.2) is 9.78 Å². The van der Waals surface area contributed by atoms with Crippen LogP contribution in [0.3, 0.4) is 0 Å². The third-order valence-corrected chi connectivity index (χ3v) is 3.10. The zero-order valence-corrected chi connectivity index (χ0v) is 15.3. The molecule has 0 saturated heterocycles. The minimum Gasteiger partial charge on any atom is -1.00 e. The molecule has 1 aromatic carbocycles. The number of halogens is 6. The van der Waals surface area contributed by atoms with E-state index in [1.807, 2.05) is 0 Å². The number of hydrogen-bond donors (Lipinski definition) is 1. The lowest BCUT2D eigenvalue weighted by Crippen LogP contribution is -3.00. The Kier molecular flexibility index (Phi) is 8.99. The Morgan fingerprint density at radius 2 is 1.77 bits per heavy atom. The summed E-state index contributed by atoms with van der Waals surface area (Å²) in [5, 5.41) is 8.46. The van der Waals surface area contributed by atoms with E-state index < -0.39 is 23.8 Å². The number of carboxylic acids is 1. The summed E-state index contributed by atoms with van der Waals surface area (Å²) in [7, 11) is 0. The van der Waals surface area contributed by atoms with Gasteiger partial charge in [0, 0.05) is 6.20 Å². The first kappa shape index (κ1) is 24.1. The average molecular weight is 434 g/mol. The first-order valence-corrected chi connectivity index (χ1v) is 6.94. The third kappa shape index (κ3) is 6.44. The number of carbonyl (C=O) groups is 1. The first-order valence-electron chi connectivity index (χ1n) is 6.57. The topological polar surface area (TPSA) is 68.7 Å². The van der Waals surface area contributed by atoms with Gasteiger partial charge in [0.05, 0.1) is 5.56 Å². The molecule has 1 atom stereocenters. The van der Waals surface area contributed by atoms with Gasteiger partial charge in [-0.2, -0.15) is 13.2 Å². The molecule has 0 saturated carbocycles. The molecule has 5 nitrogen and oxygen atoms in total. The van der Waals surface area contributed by atoms with E-state index >= 15 is 0 Å². The largest absolute Gasteiger partial charge is 1.00 e. The van der Waals surface area contributed by atoms with Gasteiger partial charge in [0.1, 0.15) is 16.5 Å². The van der Waals surface area contributed by atoms with Crippen LogP contribution in [0.5, 0.6) is 17.4 Å². The minimum absolute atomic E-state index is 0. The molecule has 1 heterocycles. The van der Waals surface area contributed by atoms with Crippen LogP contribution in [0.1, 0.15) is 12.5 Å². The van der Waals surface area contributed by atoms with Gasteiger partial charge < -0.3 is 27.0 Å². The van der Waals surface area contributed by atoms with E-state index in [4.69, 9.17) is 26.2 Å². The van der Waals surface area contributed by atoms with Crippen LogP contribution in [0.2, 0.25) is 5.02 Å². The fourth-order valence-electron chi connectivity index (χ4n) is 1.61. The predicted molar refractivity (Wildman–Crippen MR) is 85.7 cm³/mol. The van der Waals surface area contributed by atoms with Crippen LogP contribution in [0, 0.1) is 0 Å². The van der Waals surface area contributed by atoms with E-state index in [0.717, 1.165) is 6.07 Å². The molecule has 0 radical (unpaired) electrons. The number of benzene rings is 1. The third-order valence-electron chi connectivity index (χ3n) is 2.83. The Balaban J connectivity index is 0.00000312. The highest BCUT2D eigenvalue weighted by Crippen LogP contribution is 2.34. The van der Waals surface area contributed by atoms with Gasteiger partial charge in [0.2, 0.25) is 5.88 Å². The highest BCUT2D eigenvalue weighted by atomic mass is 35.5. The molecule has 1 N–H and O–H groups in total. The van der Waals surface area contributed by atoms with E-state index in [9.17, 15) is 18.0 Å². The molecule has 0 bridgehead atoms. The van der Waals surface area contributed by atoms with Gasteiger partial charge in [0.25, 0.3) is 0 Å². The molecule has 0 amide bonds. The summed E-state index contributed by atoms with van der Waals surface area (Å²) >= 11 is 5.74. The van der Waals surface area contributed by atoms with Gasteiger partial charge >= 0.3 is 12.1 Å². The van der Waals surface area contributed by atoms with Crippen molar-refractivity contribution in [3.8, 4) is 17.4 Å². The zero-order valence-electron chi connectivity index (χ0n) is 13.0. The molecule has 0 fully saturated rings. The van der Waals surface area contributed by atoms with Gasteiger partial charge in [-0.15, -0.1) is 12.4 Å². The van der Waals surface area contributed by atoms with E-state index in [-0.39, 0.29) is 41.5 Å². The Morgan fingerprint density at radius 3 is 2.23 bits per heavy atom. The van der Waals surface area contributed by atoms with Gasteiger partial charge in [-0.3, -0.25) is 0 Å². The Bertz CT molecular complexity index is 742. The maximum absolute atomic E-state index is 12.5. The highest BCUT2D eigenvalue weighted by Gasteiger charge is 2.31. The number of nitrogens with zero attached hydrogens (tertiary/aromatic N) is 1. The fraction of sp³-hybridized carbons (Fsp3) is 0.200. The van der Waals surface area contributed by atoms with Crippen molar-refractivity contribution in [1.82, 2.24) is 4.98 Å². The SMILES string of the molecule is CC(Oc1ccc(Oc2ncc(C(F)(F)F)cc2Cl)cc1)C(=O)O.Cl.[Cl-]. The summed E-state index contributed by atoms with van der Waals surface area (Å²) in [5.41, 5.74) is -0.980. The van der Waals surface area contributed by atoms with Crippen molar-refractivity contribution >= 4 is 30.0 Å². The van der Waals surface area contributed by atoms with Crippen LogP contribution in [-0.2, 0) is 11.0 Å². The van der Waals surface area contributed by atoms with E-state index in [0.29, 0.717) is 11.9 Å². The van der Waals surface area contributed by atoms with Crippen LogP contribution in [0.4, 0.5) is 13.2 Å². The maximum atomic E-state index is 12.5. The Hall–Kier alpha value is -1.90. The van der Waals surface area contributed by atoms with Crippen LogP contribution in [0.15, 0.2) is 36.5 Å². The second kappa shape index (κ2) is 9.70. The molecular weight excluding hydrogens is 422 g/mol. The smallest absolute Gasteiger partial charge is 0.417 e. The summed E-state index contributed by atoms with van der Waals surface area (Å²) < 4.78 is 48.0. The summed E-state index contributed by atoms with van der Waals surface area (Å²) in [6, 6.07) is 6.51. The van der Waals surface area contributed by atoms with Crippen molar-refractivity contribution in [2.45, 2.75) is 19.2 Å². The maximum Gasteiger partial charge on any atom is 0.417 e. The van der Waals surface area contributed by atoms with Crippen LogP contribution in [-0.4, -0.2) is 22.2 Å². The first-order chi connectivity index (χ1) is 11.2. The Morgan fingerprint density at radius 1 is 1.23 bits per heavy atom. The number of aliphatic carboxylic acids is 1. The number of aromatic nitrogens is 1. The standard InChI is InChI=1S/C15H11ClF3NO4.2ClH/c1-8(14(21)22)23-10-2-4-11(5-3-10)24-13-12(16)6-9(7-20-13)15(17,18)19;;/h2-8H,1H3,(H,21,22);2*1H/p-1. The van der Waals surface area contributed by atoms with Gasteiger partial charge in [-0.1, -0.05) is 11.6 Å². The molecule has 0 aliphatic rings. The molecule has 0 spiro atoms. The Labute approximate surface area is 163 Å². The number of pyridine rings is 1. The number of ether oxygens (including phenoxy) is 2. The van der Waals surface area contributed by atoms with Crippen molar-refractivity contribution in [2.75, 3.05) is 0 Å². The number of alkyl halides is 3. The van der Waals surface area contributed by atoms with Gasteiger partial charge in [-0.05, 0) is 37.3 Å². The van der Waals surface area contributed by atoms with Crippen LogP contribution in [0.25, 0.3) is 0 Å². The summed E-state index contributed by atoms with van der Waals surface area (Å²) in [6.07, 6.45) is -4.95. The molecule has 144 valence electrons. The number of rotatable bonds is 5. The normalized spacial score (nSPS) is 11.6. The monoisotopic (exact) mass is 432 g/mol. The molecular formula is C15H12Cl3F3NO4-. The summed E-state index contributed by atoms with van der Waals surface area (Å²) in [5.74, 6) is -0.753. The van der Waals surface area contributed by atoms with E-state index in [1.165, 1.54) is 31.2 Å². The lowest BCUT2D eigenvalue weighted by atomic mass is 10.3. The second-order valence-electron chi connectivity index (χ2n) is 4.68. The van der Waals surface area contributed by atoms with Crippen molar-refractivity contribution in [2.24, 2.45) is 0 Å². The van der Waals surface area contributed by atoms with Gasteiger partial charge in [0.15, 0.2) is 6.10 Å². The molecule has 11 heteroatoms. The van der Waals surface area contributed by atoms with Crippen LogP contribution >= 0.6 is 24.0 Å². The summed E-state index contributed by atoms with van der Waals surface area (Å²) in [4.78, 5) is 14.2. The van der Waals surface area contributed by atoms with Crippen molar-refractivity contribution in [1.29, 1.82) is 0 Å². The van der Waals surface area contributed by atoms with Crippen molar-refractivity contribution in [3.63, 3.8) is 0 Å². The molecule has 26 heavy (non-hydrogen) atoms. The molecule has 2 rings (SSSR count). The zero-order chi connectivity index (χ0) is 17.9. The lowest BCUT2D eigenvalue weighted by molar-refractivity contribution is -0.144. The number of carboxylic acid groups (broad SMARTS) is 1. The lowest BCUT2D eigenvalue weighted by Gasteiger charge is -2.12. The molecule has 0 aliphatic heterocycles. The molecule has 0 aliphatic carbocycles. The minimum atomic E-state index is -4.55. The highest BCUT2D eigenvalue weighted by molar-refractivity contribution is 6.31.